The Kier molecular flexibility index (Phi) is 2.76. The lowest BCUT2D eigenvalue weighted by Crippen LogP contribution is -2.11. The molecule has 0 saturated carbocycles. The lowest BCUT2D eigenvalue weighted by Gasteiger charge is -2.05. The highest BCUT2D eigenvalue weighted by Gasteiger charge is 2.06. The summed E-state index contributed by atoms with van der Waals surface area (Å²) in [5, 5.41) is 2.88. The molecule has 1 heterocycles. The average Bonchev–Trinajstić information content (AvgIpc) is 2.86. The number of nitrogens with one attached hydrogen (secondary N) is 2. The Labute approximate surface area is 110 Å². The molecule has 0 atom stereocenters. The maximum Gasteiger partial charge on any atom is 0.255 e. The Bertz CT molecular complexity index is 746. The van der Waals surface area contributed by atoms with E-state index in [2.05, 4.69) is 15.3 Å². The minimum absolute atomic E-state index is 0.109. The lowest BCUT2D eigenvalue weighted by molar-refractivity contribution is 0.102. The van der Waals surface area contributed by atoms with E-state index < -0.39 is 0 Å². The van der Waals surface area contributed by atoms with Crippen LogP contribution in [0.15, 0.2) is 48.8 Å². The van der Waals surface area contributed by atoms with Gasteiger partial charge in [-0.1, -0.05) is 17.7 Å². The van der Waals surface area contributed by atoms with Crippen molar-refractivity contribution in [3.63, 3.8) is 0 Å². The smallest absolute Gasteiger partial charge is 0.255 e. The second-order valence-electron chi connectivity index (χ2n) is 4.46. The molecule has 2 aromatic carbocycles. The fourth-order valence-corrected chi connectivity index (χ4v) is 2.00. The number of anilines is 1. The van der Waals surface area contributed by atoms with Gasteiger partial charge in [-0.25, -0.2) is 4.98 Å². The highest BCUT2D eigenvalue weighted by atomic mass is 16.1. The molecule has 0 radical (unpaired) electrons. The van der Waals surface area contributed by atoms with Crippen LogP contribution in [0.2, 0.25) is 0 Å². The van der Waals surface area contributed by atoms with Crippen molar-refractivity contribution in [2.75, 3.05) is 5.32 Å². The predicted octanol–water partition coefficient (Wildman–Crippen LogP) is 3.12. The van der Waals surface area contributed by atoms with Crippen LogP contribution in [0.4, 0.5) is 5.69 Å². The Morgan fingerprint density at radius 1 is 1.21 bits per heavy atom. The van der Waals surface area contributed by atoms with Crippen LogP contribution in [0, 0.1) is 6.92 Å². The summed E-state index contributed by atoms with van der Waals surface area (Å²) >= 11 is 0. The monoisotopic (exact) mass is 251 g/mol. The van der Waals surface area contributed by atoms with E-state index >= 15 is 0 Å². The number of aryl methyl sites for hydroxylation is 1. The summed E-state index contributed by atoms with van der Waals surface area (Å²) in [7, 11) is 0. The van der Waals surface area contributed by atoms with E-state index in [4.69, 9.17) is 0 Å². The van der Waals surface area contributed by atoms with Crippen LogP contribution < -0.4 is 5.32 Å². The van der Waals surface area contributed by atoms with Crippen LogP contribution in [-0.2, 0) is 0 Å². The number of amides is 1. The van der Waals surface area contributed by atoms with E-state index in [1.54, 1.807) is 12.4 Å². The number of nitrogens with zero attached hydrogens (tertiary/aromatic N) is 1. The molecule has 1 amide bonds. The van der Waals surface area contributed by atoms with Gasteiger partial charge in [-0.05, 0) is 37.3 Å². The highest BCUT2D eigenvalue weighted by molar-refractivity contribution is 6.05. The minimum atomic E-state index is -0.109. The average molecular weight is 251 g/mol. The first-order valence-electron chi connectivity index (χ1n) is 6.03. The van der Waals surface area contributed by atoms with Gasteiger partial charge in [0.2, 0.25) is 0 Å². The molecule has 0 spiro atoms. The summed E-state index contributed by atoms with van der Waals surface area (Å²) in [6.45, 7) is 1.97. The van der Waals surface area contributed by atoms with Gasteiger partial charge in [-0.15, -0.1) is 0 Å². The van der Waals surface area contributed by atoms with Gasteiger partial charge in [0, 0.05) is 11.3 Å². The van der Waals surface area contributed by atoms with Crippen LogP contribution in [-0.4, -0.2) is 15.9 Å². The molecule has 4 heteroatoms. The Hall–Kier alpha value is -2.62. The molecule has 0 fully saturated rings. The summed E-state index contributed by atoms with van der Waals surface area (Å²) in [4.78, 5) is 19.3. The molecule has 0 aliphatic rings. The Morgan fingerprint density at radius 3 is 2.95 bits per heavy atom. The van der Waals surface area contributed by atoms with E-state index in [1.807, 2.05) is 43.3 Å². The quantitative estimate of drug-likeness (QED) is 0.735. The molecule has 2 N–H and O–H groups in total. The number of aromatic amines is 1. The van der Waals surface area contributed by atoms with Gasteiger partial charge in [-0.2, -0.15) is 0 Å². The third kappa shape index (κ3) is 2.33. The standard InChI is InChI=1S/C15H13N3O/c1-10-3-2-4-11(7-10)15(19)18-12-5-6-13-14(8-12)17-9-16-13/h2-9H,1H3,(H,16,17)(H,18,19). The van der Waals surface area contributed by atoms with Crippen LogP contribution in [0.1, 0.15) is 15.9 Å². The Balaban J connectivity index is 1.86. The highest BCUT2D eigenvalue weighted by Crippen LogP contribution is 2.16. The molecular formula is C15H13N3O. The molecule has 1 aromatic heterocycles. The lowest BCUT2D eigenvalue weighted by atomic mass is 10.1. The summed E-state index contributed by atoms with van der Waals surface area (Å²) in [5.41, 5.74) is 4.26. The van der Waals surface area contributed by atoms with Gasteiger partial charge in [0.15, 0.2) is 0 Å². The second kappa shape index (κ2) is 4.57. The van der Waals surface area contributed by atoms with Gasteiger partial charge in [0.05, 0.1) is 17.4 Å². The molecular weight excluding hydrogens is 238 g/mol. The van der Waals surface area contributed by atoms with Crippen molar-refractivity contribution in [1.82, 2.24) is 9.97 Å². The molecule has 3 rings (SSSR count). The molecule has 0 aliphatic heterocycles. The number of carbonyl (C=O) groups excluding carboxylic acids is 1. The van der Waals surface area contributed by atoms with Crippen LogP contribution >= 0.6 is 0 Å². The molecule has 4 nitrogen and oxygen atoms in total. The van der Waals surface area contributed by atoms with Crippen LogP contribution in [0.25, 0.3) is 11.0 Å². The van der Waals surface area contributed by atoms with Crippen molar-refractivity contribution in [1.29, 1.82) is 0 Å². The Morgan fingerprint density at radius 2 is 2.11 bits per heavy atom. The topological polar surface area (TPSA) is 57.8 Å². The zero-order chi connectivity index (χ0) is 13.2. The van der Waals surface area contributed by atoms with Crippen LogP contribution in [0.5, 0.6) is 0 Å². The number of imidazole rings is 1. The number of fused-ring (bicyclic) bond motifs is 1. The summed E-state index contributed by atoms with van der Waals surface area (Å²) in [6, 6.07) is 13.1. The number of rotatable bonds is 2. The van der Waals surface area contributed by atoms with E-state index in [0.717, 1.165) is 22.3 Å². The second-order valence-corrected chi connectivity index (χ2v) is 4.46. The maximum atomic E-state index is 12.1. The molecule has 3 aromatic rings. The number of carbonyl (C=O) groups is 1. The van der Waals surface area contributed by atoms with E-state index in [-0.39, 0.29) is 5.91 Å². The van der Waals surface area contributed by atoms with Gasteiger partial charge in [0.25, 0.3) is 5.91 Å². The number of hydrogen-bond donors (Lipinski definition) is 2. The summed E-state index contributed by atoms with van der Waals surface area (Å²) < 4.78 is 0. The molecule has 0 aliphatic carbocycles. The normalized spacial score (nSPS) is 10.6. The number of H-pyrrole nitrogens is 1. The molecule has 0 saturated heterocycles. The number of benzene rings is 2. The summed E-state index contributed by atoms with van der Waals surface area (Å²) in [5.74, 6) is -0.109. The van der Waals surface area contributed by atoms with Crippen molar-refractivity contribution in [2.24, 2.45) is 0 Å². The zero-order valence-corrected chi connectivity index (χ0v) is 10.5. The first kappa shape index (κ1) is 11.5. The number of aromatic nitrogens is 2. The van der Waals surface area contributed by atoms with Gasteiger partial charge in [0.1, 0.15) is 0 Å². The van der Waals surface area contributed by atoms with Gasteiger partial charge >= 0.3 is 0 Å². The van der Waals surface area contributed by atoms with Crippen LogP contribution in [0.3, 0.4) is 0 Å². The fraction of sp³-hybridized carbons (Fsp3) is 0.0667. The molecule has 19 heavy (non-hydrogen) atoms. The molecule has 94 valence electrons. The largest absolute Gasteiger partial charge is 0.345 e. The minimum Gasteiger partial charge on any atom is -0.345 e. The van der Waals surface area contributed by atoms with Crippen molar-refractivity contribution in [3.8, 4) is 0 Å². The first-order valence-corrected chi connectivity index (χ1v) is 6.03. The van der Waals surface area contributed by atoms with Gasteiger partial charge in [-0.3, -0.25) is 4.79 Å². The van der Waals surface area contributed by atoms with E-state index in [9.17, 15) is 4.79 Å². The van der Waals surface area contributed by atoms with Gasteiger partial charge < -0.3 is 10.3 Å². The van der Waals surface area contributed by atoms with Crippen molar-refractivity contribution in [3.05, 3.63) is 59.9 Å². The predicted molar refractivity (Wildman–Crippen MR) is 75.2 cm³/mol. The fourth-order valence-electron chi connectivity index (χ4n) is 2.00. The third-order valence-corrected chi connectivity index (χ3v) is 2.96. The third-order valence-electron chi connectivity index (χ3n) is 2.96. The van der Waals surface area contributed by atoms with E-state index in [1.165, 1.54) is 0 Å². The van der Waals surface area contributed by atoms with Crippen molar-refractivity contribution < 1.29 is 4.79 Å². The summed E-state index contributed by atoms with van der Waals surface area (Å²) in [6.07, 6.45) is 1.64. The SMILES string of the molecule is Cc1cccc(C(=O)Nc2ccc3nc[nH]c3c2)c1. The zero-order valence-electron chi connectivity index (χ0n) is 10.5. The maximum absolute atomic E-state index is 12.1. The molecule has 0 unspecified atom stereocenters. The van der Waals surface area contributed by atoms with Crippen molar-refractivity contribution in [2.45, 2.75) is 6.92 Å². The number of hydrogen-bond acceptors (Lipinski definition) is 2. The van der Waals surface area contributed by atoms with E-state index in [0.29, 0.717) is 5.56 Å². The first-order chi connectivity index (χ1) is 9.22. The van der Waals surface area contributed by atoms with Crippen molar-refractivity contribution >= 4 is 22.6 Å². The molecule has 0 bridgehead atoms.